The first-order chi connectivity index (χ1) is 15.4. The van der Waals surface area contributed by atoms with E-state index in [0.29, 0.717) is 31.8 Å². The lowest BCUT2D eigenvalue weighted by atomic mass is 10.1. The van der Waals surface area contributed by atoms with Gasteiger partial charge in [-0.15, -0.1) is 0 Å². The SMILES string of the molecule is CC[C@@H](C(=O)NCC(C)C)N(Cc1ccc(OC)cc1)C(=O)CCSCc1ccccc1. The Morgan fingerprint density at radius 1 is 1.03 bits per heavy atom. The van der Waals surface area contributed by atoms with Gasteiger partial charge in [0.15, 0.2) is 0 Å². The van der Waals surface area contributed by atoms with Crippen LogP contribution in [0.1, 0.15) is 44.7 Å². The van der Waals surface area contributed by atoms with Crippen molar-refractivity contribution in [3.05, 3.63) is 65.7 Å². The molecule has 0 aliphatic heterocycles. The van der Waals surface area contributed by atoms with Crippen LogP contribution in [-0.4, -0.2) is 42.2 Å². The van der Waals surface area contributed by atoms with Gasteiger partial charge >= 0.3 is 0 Å². The third-order valence-electron chi connectivity index (χ3n) is 5.15. The molecule has 6 heteroatoms. The second kappa shape index (κ2) is 13.8. The number of benzene rings is 2. The quantitative estimate of drug-likeness (QED) is 0.436. The fraction of sp³-hybridized carbons (Fsp3) is 0.462. The van der Waals surface area contributed by atoms with Gasteiger partial charge in [-0.2, -0.15) is 11.8 Å². The molecule has 2 rings (SSSR count). The van der Waals surface area contributed by atoms with Crippen molar-refractivity contribution in [1.82, 2.24) is 10.2 Å². The van der Waals surface area contributed by atoms with Crippen molar-refractivity contribution in [2.24, 2.45) is 5.92 Å². The number of nitrogens with one attached hydrogen (secondary N) is 1. The average molecular weight is 457 g/mol. The Labute approximate surface area is 196 Å². The zero-order chi connectivity index (χ0) is 23.3. The van der Waals surface area contributed by atoms with Crippen LogP contribution in [0.5, 0.6) is 5.75 Å². The number of carbonyl (C=O) groups excluding carboxylic acids is 2. The van der Waals surface area contributed by atoms with E-state index < -0.39 is 6.04 Å². The lowest BCUT2D eigenvalue weighted by Crippen LogP contribution is -2.49. The van der Waals surface area contributed by atoms with Crippen LogP contribution in [0.25, 0.3) is 0 Å². The summed E-state index contributed by atoms with van der Waals surface area (Å²) >= 11 is 1.74. The molecule has 0 fully saturated rings. The molecular weight excluding hydrogens is 420 g/mol. The van der Waals surface area contributed by atoms with Gasteiger partial charge in [-0.05, 0) is 35.6 Å². The minimum absolute atomic E-state index is 0.00734. The van der Waals surface area contributed by atoms with Gasteiger partial charge in [0.25, 0.3) is 0 Å². The summed E-state index contributed by atoms with van der Waals surface area (Å²) < 4.78 is 5.24. The van der Waals surface area contributed by atoms with Crippen molar-refractivity contribution in [3.8, 4) is 5.75 Å². The van der Waals surface area contributed by atoms with Crippen molar-refractivity contribution < 1.29 is 14.3 Å². The lowest BCUT2D eigenvalue weighted by Gasteiger charge is -2.31. The Balaban J connectivity index is 2.06. The van der Waals surface area contributed by atoms with Gasteiger partial charge in [0, 0.05) is 31.0 Å². The van der Waals surface area contributed by atoms with E-state index in [1.54, 1.807) is 23.8 Å². The van der Waals surface area contributed by atoms with E-state index in [0.717, 1.165) is 22.8 Å². The maximum Gasteiger partial charge on any atom is 0.242 e. The van der Waals surface area contributed by atoms with Gasteiger partial charge in [-0.3, -0.25) is 9.59 Å². The van der Waals surface area contributed by atoms with Gasteiger partial charge in [0.1, 0.15) is 11.8 Å². The highest BCUT2D eigenvalue weighted by Gasteiger charge is 2.28. The molecule has 0 saturated carbocycles. The third-order valence-corrected chi connectivity index (χ3v) is 6.18. The standard InChI is InChI=1S/C26H36N2O3S/c1-5-24(26(30)27-17-20(2)3)28(18-21-11-13-23(31-4)14-12-21)25(29)15-16-32-19-22-9-7-6-8-10-22/h6-14,20,24H,5,15-19H2,1-4H3,(H,27,30)/t24-/m0/s1. The number of nitrogens with zero attached hydrogens (tertiary/aromatic N) is 1. The molecule has 0 aromatic heterocycles. The Hall–Kier alpha value is -2.47. The fourth-order valence-electron chi connectivity index (χ4n) is 3.34. The second-order valence-corrected chi connectivity index (χ2v) is 9.33. The van der Waals surface area contributed by atoms with Gasteiger partial charge in [0.05, 0.1) is 7.11 Å². The lowest BCUT2D eigenvalue weighted by molar-refractivity contribution is -0.141. The summed E-state index contributed by atoms with van der Waals surface area (Å²) in [5.41, 5.74) is 2.23. The van der Waals surface area contributed by atoms with E-state index in [1.165, 1.54) is 5.56 Å². The molecule has 2 aromatic rings. The van der Waals surface area contributed by atoms with Crippen molar-refractivity contribution >= 4 is 23.6 Å². The highest BCUT2D eigenvalue weighted by atomic mass is 32.2. The largest absolute Gasteiger partial charge is 0.497 e. The van der Waals surface area contributed by atoms with Crippen LogP contribution in [0.2, 0.25) is 0 Å². The molecule has 0 spiro atoms. The molecule has 2 amide bonds. The predicted molar refractivity (Wildman–Crippen MR) is 133 cm³/mol. The summed E-state index contributed by atoms with van der Waals surface area (Å²) in [5.74, 6) is 2.64. The Bertz CT molecular complexity index is 825. The van der Waals surface area contributed by atoms with Gasteiger partial charge < -0.3 is 15.0 Å². The first-order valence-corrected chi connectivity index (χ1v) is 12.4. The summed E-state index contributed by atoms with van der Waals surface area (Å²) in [7, 11) is 1.63. The summed E-state index contributed by atoms with van der Waals surface area (Å²) in [6.45, 7) is 7.08. The normalized spacial score (nSPS) is 11.8. The molecule has 32 heavy (non-hydrogen) atoms. The molecule has 0 aliphatic rings. The molecule has 0 aliphatic carbocycles. The van der Waals surface area contributed by atoms with E-state index in [1.807, 2.05) is 49.4 Å². The van der Waals surface area contributed by atoms with Crippen LogP contribution in [0, 0.1) is 5.92 Å². The summed E-state index contributed by atoms with van der Waals surface area (Å²) in [6.07, 6.45) is 0.977. The van der Waals surface area contributed by atoms with Gasteiger partial charge in [0.2, 0.25) is 11.8 Å². The van der Waals surface area contributed by atoms with Gasteiger partial charge in [-0.1, -0.05) is 63.2 Å². The molecule has 1 atom stereocenters. The molecule has 0 bridgehead atoms. The maximum absolute atomic E-state index is 13.2. The average Bonchev–Trinajstić information content (AvgIpc) is 2.81. The fourth-order valence-corrected chi connectivity index (χ4v) is 4.23. The molecular formula is C26H36N2O3S. The van der Waals surface area contributed by atoms with E-state index in [2.05, 4.69) is 31.3 Å². The molecule has 0 radical (unpaired) electrons. The number of rotatable bonds is 13. The zero-order valence-corrected chi connectivity index (χ0v) is 20.5. The number of amides is 2. The topological polar surface area (TPSA) is 58.6 Å². The highest BCUT2D eigenvalue weighted by molar-refractivity contribution is 7.98. The molecule has 0 heterocycles. The first kappa shape index (κ1) is 25.8. The molecule has 1 N–H and O–H groups in total. The molecule has 2 aromatic carbocycles. The van der Waals surface area contributed by atoms with Crippen LogP contribution < -0.4 is 10.1 Å². The van der Waals surface area contributed by atoms with Crippen molar-refractivity contribution in [1.29, 1.82) is 0 Å². The third kappa shape index (κ3) is 8.58. The number of thioether (sulfide) groups is 1. The van der Waals surface area contributed by atoms with Crippen molar-refractivity contribution in [2.45, 2.75) is 52.0 Å². The van der Waals surface area contributed by atoms with E-state index in [4.69, 9.17) is 4.74 Å². The van der Waals surface area contributed by atoms with E-state index >= 15 is 0 Å². The molecule has 0 unspecified atom stereocenters. The number of ether oxygens (including phenoxy) is 1. The maximum atomic E-state index is 13.2. The zero-order valence-electron chi connectivity index (χ0n) is 19.7. The Morgan fingerprint density at radius 2 is 1.72 bits per heavy atom. The monoisotopic (exact) mass is 456 g/mol. The second-order valence-electron chi connectivity index (χ2n) is 8.22. The summed E-state index contributed by atoms with van der Waals surface area (Å²) in [4.78, 5) is 27.9. The Kier molecular flexibility index (Phi) is 11.2. The van der Waals surface area contributed by atoms with Crippen molar-refractivity contribution in [2.75, 3.05) is 19.4 Å². The smallest absolute Gasteiger partial charge is 0.242 e. The van der Waals surface area contributed by atoms with E-state index in [-0.39, 0.29) is 11.8 Å². The van der Waals surface area contributed by atoms with Crippen LogP contribution in [-0.2, 0) is 21.9 Å². The minimum atomic E-state index is -0.484. The summed E-state index contributed by atoms with van der Waals surface area (Å²) in [6, 6.07) is 17.4. The first-order valence-electron chi connectivity index (χ1n) is 11.3. The van der Waals surface area contributed by atoms with Crippen LogP contribution in [0.3, 0.4) is 0 Å². The molecule has 5 nitrogen and oxygen atoms in total. The molecule has 174 valence electrons. The van der Waals surface area contributed by atoms with E-state index in [9.17, 15) is 9.59 Å². The highest BCUT2D eigenvalue weighted by Crippen LogP contribution is 2.19. The summed E-state index contributed by atoms with van der Waals surface area (Å²) in [5, 5.41) is 3.00. The molecule has 0 saturated heterocycles. The predicted octanol–water partition coefficient (Wildman–Crippen LogP) is 4.90. The number of hydrogen-bond acceptors (Lipinski definition) is 4. The number of carbonyl (C=O) groups is 2. The van der Waals surface area contributed by atoms with Crippen molar-refractivity contribution in [3.63, 3.8) is 0 Å². The van der Waals surface area contributed by atoms with Crippen LogP contribution in [0.15, 0.2) is 54.6 Å². The Morgan fingerprint density at radius 3 is 2.31 bits per heavy atom. The minimum Gasteiger partial charge on any atom is -0.497 e. The number of hydrogen-bond donors (Lipinski definition) is 1. The van der Waals surface area contributed by atoms with Gasteiger partial charge in [-0.25, -0.2) is 0 Å². The van der Waals surface area contributed by atoms with Crippen LogP contribution >= 0.6 is 11.8 Å². The number of methoxy groups -OCH3 is 1. The van der Waals surface area contributed by atoms with Crippen LogP contribution in [0.4, 0.5) is 0 Å².